The average molecular weight is 473 g/mol. The molecule has 0 aliphatic heterocycles. The van der Waals surface area contributed by atoms with Crippen molar-refractivity contribution in [2.75, 3.05) is 11.5 Å². The zero-order valence-corrected chi connectivity index (χ0v) is 22.3. The van der Waals surface area contributed by atoms with Gasteiger partial charge in [-0.2, -0.15) is 11.8 Å². The molecule has 188 valence electrons. The Morgan fingerprint density at radius 3 is 0.939 bits per heavy atom. The second-order valence-corrected chi connectivity index (χ2v) is 11.0. The van der Waals surface area contributed by atoms with E-state index in [1.807, 2.05) is 0 Å². The number of hydrogen-bond donors (Lipinski definition) is 0. The van der Waals surface area contributed by atoms with Gasteiger partial charge in [0.1, 0.15) is 0 Å². The Kier molecular flexibility index (Phi) is 18.3. The largest absolute Gasteiger partial charge is 0.354 e. The lowest BCUT2D eigenvalue weighted by molar-refractivity contribution is 0.539. The first kappa shape index (κ1) is 28.1. The lowest BCUT2D eigenvalue weighted by Crippen LogP contribution is -1.93. The summed E-state index contributed by atoms with van der Waals surface area (Å²) in [6, 6.07) is 8.49. The average Bonchev–Trinajstić information content (AvgIpc) is 3.54. The standard InChI is InChI=1S/C30H52N2S/c1(3-7-11-15-23-31-25-17-18-26-31)5-9-13-21-29-33-30-22-14-10-6-2-4-8-12-16-24-32-27-19-20-28-32/h17-20,25-28H,1-16,21-24,29-30H2. The highest BCUT2D eigenvalue weighted by Gasteiger charge is 1.96. The van der Waals surface area contributed by atoms with Crippen LogP contribution in [-0.2, 0) is 13.1 Å². The lowest BCUT2D eigenvalue weighted by Gasteiger charge is -2.05. The molecule has 0 spiro atoms. The van der Waals surface area contributed by atoms with Crippen LogP contribution in [0, 0.1) is 0 Å². The first-order valence-corrected chi connectivity index (χ1v) is 15.4. The molecular formula is C30H52N2S. The van der Waals surface area contributed by atoms with Crippen molar-refractivity contribution in [1.29, 1.82) is 0 Å². The van der Waals surface area contributed by atoms with Crippen LogP contribution in [0.1, 0.15) is 116 Å². The second-order valence-electron chi connectivity index (χ2n) is 9.82. The number of thioether (sulfide) groups is 1. The molecule has 2 rings (SSSR count). The van der Waals surface area contributed by atoms with E-state index in [9.17, 15) is 0 Å². The summed E-state index contributed by atoms with van der Waals surface area (Å²) in [5, 5.41) is 0. The van der Waals surface area contributed by atoms with E-state index >= 15 is 0 Å². The van der Waals surface area contributed by atoms with Crippen LogP contribution in [0.4, 0.5) is 0 Å². The van der Waals surface area contributed by atoms with Gasteiger partial charge in [-0.1, -0.05) is 89.9 Å². The van der Waals surface area contributed by atoms with Crippen molar-refractivity contribution in [3.8, 4) is 0 Å². The Morgan fingerprint density at radius 1 is 0.333 bits per heavy atom. The van der Waals surface area contributed by atoms with Crippen LogP contribution in [0.3, 0.4) is 0 Å². The summed E-state index contributed by atoms with van der Waals surface area (Å²) in [5.41, 5.74) is 0. The maximum atomic E-state index is 2.30. The third-order valence-corrected chi connectivity index (χ3v) is 7.90. The Morgan fingerprint density at radius 2 is 0.606 bits per heavy atom. The van der Waals surface area contributed by atoms with Gasteiger partial charge >= 0.3 is 0 Å². The zero-order valence-electron chi connectivity index (χ0n) is 21.5. The molecule has 2 aromatic heterocycles. The van der Waals surface area contributed by atoms with Crippen molar-refractivity contribution in [2.45, 2.75) is 129 Å². The summed E-state index contributed by atoms with van der Waals surface area (Å²) >= 11 is 2.20. The van der Waals surface area contributed by atoms with Crippen LogP contribution in [0.2, 0.25) is 0 Å². The molecule has 0 aromatic carbocycles. The maximum absolute atomic E-state index is 2.30. The van der Waals surface area contributed by atoms with Crippen molar-refractivity contribution in [3.05, 3.63) is 49.1 Å². The van der Waals surface area contributed by atoms with Gasteiger partial charge in [0.25, 0.3) is 0 Å². The van der Waals surface area contributed by atoms with Crippen LogP contribution in [0.15, 0.2) is 49.1 Å². The fourth-order valence-electron chi connectivity index (χ4n) is 4.61. The molecule has 0 fully saturated rings. The summed E-state index contributed by atoms with van der Waals surface area (Å²) in [5.74, 6) is 2.78. The molecule has 0 amide bonds. The molecule has 2 nitrogen and oxygen atoms in total. The van der Waals surface area contributed by atoms with Crippen LogP contribution < -0.4 is 0 Å². The van der Waals surface area contributed by atoms with Crippen molar-refractivity contribution < 1.29 is 0 Å². The van der Waals surface area contributed by atoms with Crippen molar-refractivity contribution >= 4 is 11.8 Å². The smallest absolute Gasteiger partial charge is 0.0219 e. The van der Waals surface area contributed by atoms with Crippen LogP contribution in [0.5, 0.6) is 0 Å². The SMILES string of the molecule is c1ccn(CCCCCCCCCCCSCCCCCCCCCCCn2cccc2)c1. The highest BCUT2D eigenvalue weighted by Crippen LogP contribution is 2.15. The number of rotatable bonds is 24. The predicted molar refractivity (Wildman–Crippen MR) is 149 cm³/mol. The third-order valence-electron chi connectivity index (χ3n) is 6.74. The van der Waals surface area contributed by atoms with Gasteiger partial charge in [0.15, 0.2) is 0 Å². The maximum Gasteiger partial charge on any atom is 0.0219 e. The Hall–Kier alpha value is -1.09. The summed E-state index contributed by atoms with van der Waals surface area (Å²) in [7, 11) is 0. The monoisotopic (exact) mass is 472 g/mol. The van der Waals surface area contributed by atoms with Gasteiger partial charge in [0.05, 0.1) is 0 Å². The summed E-state index contributed by atoms with van der Waals surface area (Å²) < 4.78 is 4.60. The molecule has 0 N–H and O–H groups in total. The minimum absolute atomic E-state index is 1.20. The molecule has 2 heterocycles. The Balaban J connectivity index is 1.16. The fourth-order valence-corrected chi connectivity index (χ4v) is 5.63. The minimum Gasteiger partial charge on any atom is -0.354 e. The van der Waals surface area contributed by atoms with Crippen molar-refractivity contribution in [1.82, 2.24) is 9.13 Å². The topological polar surface area (TPSA) is 9.86 Å². The molecule has 0 saturated carbocycles. The molecular weight excluding hydrogens is 420 g/mol. The van der Waals surface area contributed by atoms with Crippen molar-refractivity contribution in [2.24, 2.45) is 0 Å². The summed E-state index contributed by atoms with van der Waals surface area (Å²) in [6.07, 6.45) is 34.4. The number of aromatic nitrogens is 2. The number of hydrogen-bond acceptors (Lipinski definition) is 1. The zero-order chi connectivity index (χ0) is 23.1. The Labute approximate surface area is 209 Å². The van der Waals surface area contributed by atoms with Gasteiger partial charge in [-0.15, -0.1) is 0 Å². The number of unbranched alkanes of at least 4 members (excludes halogenated alkanes) is 16. The van der Waals surface area contributed by atoms with Crippen LogP contribution in [-0.4, -0.2) is 20.6 Å². The fraction of sp³-hybridized carbons (Fsp3) is 0.733. The molecule has 2 aromatic rings. The van der Waals surface area contributed by atoms with E-state index in [2.05, 4.69) is 69.9 Å². The predicted octanol–water partition coefficient (Wildman–Crippen LogP) is 9.74. The second kappa shape index (κ2) is 21.4. The summed E-state index contributed by atoms with van der Waals surface area (Å²) in [6.45, 7) is 2.39. The van der Waals surface area contributed by atoms with Crippen LogP contribution >= 0.6 is 11.8 Å². The van der Waals surface area contributed by atoms with Gasteiger partial charge in [0, 0.05) is 37.9 Å². The van der Waals surface area contributed by atoms with E-state index in [1.54, 1.807) is 0 Å². The number of nitrogens with zero attached hydrogens (tertiary/aromatic N) is 2. The first-order valence-electron chi connectivity index (χ1n) is 14.2. The lowest BCUT2D eigenvalue weighted by atomic mass is 10.1. The molecule has 0 atom stereocenters. The highest BCUT2D eigenvalue weighted by molar-refractivity contribution is 7.99. The highest BCUT2D eigenvalue weighted by atomic mass is 32.2. The molecule has 3 heteroatoms. The van der Waals surface area contributed by atoms with E-state index in [4.69, 9.17) is 0 Å². The van der Waals surface area contributed by atoms with Gasteiger partial charge in [0.2, 0.25) is 0 Å². The normalized spacial score (nSPS) is 11.4. The molecule has 0 bridgehead atoms. The van der Waals surface area contributed by atoms with E-state index in [-0.39, 0.29) is 0 Å². The molecule has 0 aliphatic carbocycles. The molecule has 0 unspecified atom stereocenters. The third kappa shape index (κ3) is 17.1. The summed E-state index contributed by atoms with van der Waals surface area (Å²) in [4.78, 5) is 0. The van der Waals surface area contributed by atoms with E-state index in [0.717, 1.165) is 0 Å². The van der Waals surface area contributed by atoms with E-state index in [1.165, 1.54) is 140 Å². The van der Waals surface area contributed by atoms with Gasteiger partial charge in [-0.25, -0.2) is 0 Å². The molecule has 33 heavy (non-hydrogen) atoms. The molecule has 0 radical (unpaired) electrons. The quantitative estimate of drug-likeness (QED) is 0.138. The van der Waals surface area contributed by atoms with E-state index < -0.39 is 0 Å². The minimum atomic E-state index is 1.20. The molecule has 0 aliphatic rings. The van der Waals surface area contributed by atoms with Crippen molar-refractivity contribution in [3.63, 3.8) is 0 Å². The Bertz CT molecular complexity index is 551. The van der Waals surface area contributed by atoms with Gasteiger partial charge in [-0.3, -0.25) is 0 Å². The van der Waals surface area contributed by atoms with Gasteiger partial charge < -0.3 is 9.13 Å². The van der Waals surface area contributed by atoms with Crippen LogP contribution in [0.25, 0.3) is 0 Å². The molecule has 0 saturated heterocycles. The first-order chi connectivity index (χ1) is 16.4. The number of aryl methyl sites for hydroxylation is 2. The van der Waals surface area contributed by atoms with E-state index in [0.29, 0.717) is 0 Å². The van der Waals surface area contributed by atoms with Gasteiger partial charge in [-0.05, 0) is 61.5 Å².